The van der Waals surface area contributed by atoms with Gasteiger partial charge in [-0.3, -0.25) is 0 Å². The molecule has 1 saturated carbocycles. The number of hydrogen-bond acceptors (Lipinski definition) is 1. The molecule has 2 rings (SSSR count). The van der Waals surface area contributed by atoms with Crippen molar-refractivity contribution in [3.05, 3.63) is 0 Å². The molecule has 2 fully saturated rings. The quantitative estimate of drug-likeness (QED) is 0.539. The van der Waals surface area contributed by atoms with Crippen LogP contribution in [-0.4, -0.2) is 12.6 Å². The second-order valence-corrected chi connectivity index (χ2v) is 3.94. The van der Waals surface area contributed by atoms with Gasteiger partial charge < -0.3 is 5.32 Å². The lowest BCUT2D eigenvalue weighted by atomic mass is 9.81. The minimum atomic E-state index is 0.892. The lowest BCUT2D eigenvalue weighted by Gasteiger charge is -2.26. The minimum absolute atomic E-state index is 0.892. The van der Waals surface area contributed by atoms with Crippen LogP contribution in [0.4, 0.5) is 0 Å². The van der Waals surface area contributed by atoms with Crippen LogP contribution in [0.2, 0.25) is 0 Å². The van der Waals surface area contributed by atoms with E-state index in [1.165, 1.54) is 32.2 Å². The van der Waals surface area contributed by atoms with Crippen LogP contribution in [0.3, 0.4) is 0 Å². The molecule has 1 heteroatoms. The summed E-state index contributed by atoms with van der Waals surface area (Å²) in [7, 11) is 0. The zero-order chi connectivity index (χ0) is 6.97. The Hall–Kier alpha value is -0.0400. The van der Waals surface area contributed by atoms with Crippen LogP contribution in [0.15, 0.2) is 0 Å². The molecule has 0 spiro atoms. The van der Waals surface area contributed by atoms with Crippen LogP contribution >= 0.6 is 0 Å². The number of hydrogen-bond donors (Lipinski definition) is 1. The van der Waals surface area contributed by atoms with Crippen molar-refractivity contribution in [3.8, 4) is 0 Å². The normalized spacial score (nSPS) is 47.1. The minimum Gasteiger partial charge on any atom is -0.313 e. The van der Waals surface area contributed by atoms with Gasteiger partial charge in [0.2, 0.25) is 0 Å². The van der Waals surface area contributed by atoms with Crippen molar-refractivity contribution in [3.63, 3.8) is 0 Å². The van der Waals surface area contributed by atoms with Crippen LogP contribution in [0, 0.1) is 11.8 Å². The van der Waals surface area contributed by atoms with Gasteiger partial charge in [0.05, 0.1) is 0 Å². The highest BCUT2D eigenvalue weighted by Gasteiger charge is 2.34. The van der Waals surface area contributed by atoms with Crippen molar-refractivity contribution in [1.29, 1.82) is 0 Å². The van der Waals surface area contributed by atoms with E-state index in [0.29, 0.717) is 0 Å². The Kier molecular flexibility index (Phi) is 1.69. The first-order chi connectivity index (χ1) is 4.88. The number of rotatable bonds is 0. The monoisotopic (exact) mass is 139 g/mol. The third-order valence-electron chi connectivity index (χ3n) is 3.25. The van der Waals surface area contributed by atoms with Gasteiger partial charge in [-0.15, -0.1) is 0 Å². The molecule has 0 unspecified atom stereocenters. The summed E-state index contributed by atoms with van der Waals surface area (Å²) < 4.78 is 0. The van der Waals surface area contributed by atoms with Gasteiger partial charge in [-0.05, 0) is 31.2 Å². The van der Waals surface area contributed by atoms with Crippen LogP contribution in [0.5, 0.6) is 0 Å². The van der Waals surface area contributed by atoms with Gasteiger partial charge in [-0.25, -0.2) is 0 Å². The lowest BCUT2D eigenvalue weighted by molar-refractivity contribution is 0.285. The standard InChI is InChI=1S/C9H17N/c1-7-6-10-9-5-3-2-4-8(7)9/h7-10H,2-6H2,1H3/t7-,8+,9-/m1/s1. The Bertz CT molecular complexity index is 120. The van der Waals surface area contributed by atoms with Crippen molar-refractivity contribution >= 4 is 0 Å². The highest BCUT2D eigenvalue weighted by atomic mass is 15.0. The maximum atomic E-state index is 3.61. The Morgan fingerprint density at radius 3 is 2.80 bits per heavy atom. The predicted molar refractivity (Wildman–Crippen MR) is 42.9 cm³/mol. The van der Waals surface area contributed by atoms with Gasteiger partial charge in [0, 0.05) is 6.04 Å². The van der Waals surface area contributed by atoms with Crippen LogP contribution in [0.1, 0.15) is 32.6 Å². The Balaban J connectivity index is 2.01. The third-order valence-corrected chi connectivity index (χ3v) is 3.25. The summed E-state index contributed by atoms with van der Waals surface area (Å²) in [6.45, 7) is 3.66. The molecule has 0 aromatic heterocycles. The Morgan fingerprint density at radius 1 is 1.20 bits per heavy atom. The van der Waals surface area contributed by atoms with Crippen LogP contribution in [0.25, 0.3) is 0 Å². The van der Waals surface area contributed by atoms with E-state index in [2.05, 4.69) is 12.2 Å². The second kappa shape index (κ2) is 2.54. The molecule has 0 aromatic rings. The summed E-state index contributed by atoms with van der Waals surface area (Å²) in [5.41, 5.74) is 0. The molecule has 1 N–H and O–H groups in total. The maximum Gasteiger partial charge on any atom is 0.00984 e. The Morgan fingerprint density at radius 2 is 2.00 bits per heavy atom. The number of nitrogens with one attached hydrogen (secondary N) is 1. The van der Waals surface area contributed by atoms with E-state index < -0.39 is 0 Å². The van der Waals surface area contributed by atoms with E-state index in [1.807, 2.05) is 0 Å². The molecule has 1 heterocycles. The zero-order valence-corrected chi connectivity index (χ0v) is 6.77. The van der Waals surface area contributed by atoms with Crippen molar-refractivity contribution in [2.45, 2.75) is 38.6 Å². The van der Waals surface area contributed by atoms with Gasteiger partial charge in [-0.2, -0.15) is 0 Å². The first-order valence-electron chi connectivity index (χ1n) is 4.61. The third kappa shape index (κ3) is 0.968. The molecule has 1 nitrogen and oxygen atoms in total. The van der Waals surface area contributed by atoms with E-state index in [9.17, 15) is 0 Å². The summed E-state index contributed by atoms with van der Waals surface area (Å²) in [5.74, 6) is 1.97. The fraction of sp³-hybridized carbons (Fsp3) is 1.00. The van der Waals surface area contributed by atoms with E-state index in [4.69, 9.17) is 0 Å². The van der Waals surface area contributed by atoms with Crippen molar-refractivity contribution < 1.29 is 0 Å². The first-order valence-corrected chi connectivity index (χ1v) is 4.61. The van der Waals surface area contributed by atoms with E-state index >= 15 is 0 Å². The molecular formula is C9H17N. The van der Waals surface area contributed by atoms with Crippen LogP contribution < -0.4 is 5.32 Å². The zero-order valence-electron chi connectivity index (χ0n) is 6.77. The summed E-state index contributed by atoms with van der Waals surface area (Å²) in [4.78, 5) is 0. The molecule has 2 aliphatic rings. The summed E-state index contributed by atoms with van der Waals surface area (Å²) >= 11 is 0. The molecule has 3 atom stereocenters. The van der Waals surface area contributed by atoms with Crippen molar-refractivity contribution in [2.24, 2.45) is 11.8 Å². The number of fused-ring (bicyclic) bond motifs is 1. The van der Waals surface area contributed by atoms with E-state index in [1.54, 1.807) is 0 Å². The average Bonchev–Trinajstić information content (AvgIpc) is 2.34. The largest absolute Gasteiger partial charge is 0.313 e. The lowest BCUT2D eigenvalue weighted by Crippen LogP contribution is -2.29. The summed E-state index contributed by atoms with van der Waals surface area (Å²) in [5, 5.41) is 3.61. The molecule has 1 aliphatic carbocycles. The molecule has 0 radical (unpaired) electrons. The van der Waals surface area contributed by atoms with Gasteiger partial charge in [0.15, 0.2) is 0 Å². The van der Waals surface area contributed by atoms with Gasteiger partial charge in [0.1, 0.15) is 0 Å². The topological polar surface area (TPSA) is 12.0 Å². The average molecular weight is 139 g/mol. The fourth-order valence-electron chi connectivity index (χ4n) is 2.58. The van der Waals surface area contributed by atoms with Crippen LogP contribution in [-0.2, 0) is 0 Å². The van der Waals surface area contributed by atoms with Gasteiger partial charge >= 0.3 is 0 Å². The van der Waals surface area contributed by atoms with Crippen molar-refractivity contribution in [1.82, 2.24) is 5.32 Å². The van der Waals surface area contributed by atoms with Crippen molar-refractivity contribution in [2.75, 3.05) is 6.54 Å². The Labute approximate surface area is 63.2 Å². The van der Waals surface area contributed by atoms with Gasteiger partial charge in [-0.1, -0.05) is 19.8 Å². The molecule has 1 aliphatic heterocycles. The molecule has 0 amide bonds. The second-order valence-electron chi connectivity index (χ2n) is 3.94. The summed E-state index contributed by atoms with van der Waals surface area (Å²) in [6.07, 6.45) is 5.86. The maximum absolute atomic E-state index is 3.61. The first kappa shape index (κ1) is 6.66. The molecule has 0 bridgehead atoms. The predicted octanol–water partition coefficient (Wildman–Crippen LogP) is 1.78. The van der Waals surface area contributed by atoms with E-state index in [-0.39, 0.29) is 0 Å². The summed E-state index contributed by atoms with van der Waals surface area (Å²) in [6, 6.07) is 0.892. The smallest absolute Gasteiger partial charge is 0.00984 e. The molecule has 0 aromatic carbocycles. The fourth-order valence-corrected chi connectivity index (χ4v) is 2.58. The van der Waals surface area contributed by atoms with E-state index in [0.717, 1.165) is 17.9 Å². The van der Waals surface area contributed by atoms with Gasteiger partial charge in [0.25, 0.3) is 0 Å². The highest BCUT2D eigenvalue weighted by Crippen LogP contribution is 2.33. The molecular weight excluding hydrogens is 122 g/mol. The highest BCUT2D eigenvalue weighted by molar-refractivity contribution is 4.90. The SMILES string of the molecule is C[C@@H]1CN[C@@H]2CCCC[C@@H]12. The molecule has 10 heavy (non-hydrogen) atoms. The molecule has 58 valence electrons. The molecule has 1 saturated heterocycles.